The molecule has 0 N–H and O–H groups in total. The van der Waals surface area contributed by atoms with E-state index in [1.165, 1.54) is 5.56 Å². The predicted octanol–water partition coefficient (Wildman–Crippen LogP) is 4.38. The molecule has 2 amide bonds. The van der Waals surface area contributed by atoms with Crippen molar-refractivity contribution in [2.24, 2.45) is 5.92 Å². The van der Waals surface area contributed by atoms with Crippen molar-refractivity contribution >= 4 is 11.8 Å². The zero-order chi connectivity index (χ0) is 25.6. The molecule has 2 atom stereocenters. The number of nitriles is 1. The predicted molar refractivity (Wildman–Crippen MR) is 142 cm³/mol. The summed E-state index contributed by atoms with van der Waals surface area (Å²) in [6, 6.07) is 29.6. The van der Waals surface area contributed by atoms with Crippen LogP contribution in [0.25, 0.3) is 0 Å². The first-order valence-electron chi connectivity index (χ1n) is 13.0. The Morgan fingerprint density at radius 3 is 2.08 bits per heavy atom. The highest BCUT2D eigenvalue weighted by Crippen LogP contribution is 2.39. The Kier molecular flexibility index (Phi) is 7.62. The Balaban J connectivity index is 1.30. The summed E-state index contributed by atoms with van der Waals surface area (Å²) in [5, 5.41) is 9.02. The van der Waals surface area contributed by atoms with Gasteiger partial charge in [0.05, 0.1) is 23.6 Å². The number of hydrogen-bond acceptors (Lipinski definition) is 4. The van der Waals surface area contributed by atoms with E-state index in [9.17, 15) is 9.59 Å². The van der Waals surface area contributed by atoms with Crippen LogP contribution in [0.1, 0.15) is 41.1 Å². The van der Waals surface area contributed by atoms with Crippen LogP contribution in [0.5, 0.6) is 0 Å². The minimum Gasteiger partial charge on any atom is -0.340 e. The van der Waals surface area contributed by atoms with Gasteiger partial charge in [-0.2, -0.15) is 5.26 Å². The average Bonchev–Trinajstić information content (AvgIpc) is 2.95. The van der Waals surface area contributed by atoms with Gasteiger partial charge in [0.1, 0.15) is 0 Å². The van der Waals surface area contributed by atoms with Crippen molar-refractivity contribution in [3.05, 3.63) is 107 Å². The fourth-order valence-corrected chi connectivity index (χ4v) is 5.54. The van der Waals surface area contributed by atoms with Crippen molar-refractivity contribution in [1.29, 1.82) is 5.26 Å². The second-order valence-electron chi connectivity index (χ2n) is 9.92. The average molecular weight is 493 g/mol. The van der Waals surface area contributed by atoms with Crippen LogP contribution in [0.15, 0.2) is 84.9 Å². The molecule has 6 nitrogen and oxygen atoms in total. The molecule has 0 unspecified atom stereocenters. The number of amides is 2. The monoisotopic (exact) mass is 492 g/mol. The largest absolute Gasteiger partial charge is 0.340 e. The van der Waals surface area contributed by atoms with E-state index in [-0.39, 0.29) is 23.8 Å². The summed E-state index contributed by atoms with van der Waals surface area (Å²) in [6.45, 7) is 4.28. The van der Waals surface area contributed by atoms with Crippen molar-refractivity contribution in [3.63, 3.8) is 0 Å². The highest BCUT2D eigenvalue weighted by Gasteiger charge is 2.42. The lowest BCUT2D eigenvalue weighted by Gasteiger charge is -2.44. The summed E-state index contributed by atoms with van der Waals surface area (Å²) < 4.78 is 0. The second kappa shape index (κ2) is 11.4. The fraction of sp³-hybridized carbons (Fsp3) is 0.323. The summed E-state index contributed by atoms with van der Waals surface area (Å²) in [5.74, 6) is 0.000295. The molecule has 0 aliphatic carbocycles. The van der Waals surface area contributed by atoms with Gasteiger partial charge in [0.2, 0.25) is 11.8 Å². The van der Waals surface area contributed by atoms with E-state index in [0.717, 1.165) is 30.8 Å². The van der Waals surface area contributed by atoms with E-state index in [1.807, 2.05) is 94.7 Å². The lowest BCUT2D eigenvalue weighted by Crippen LogP contribution is -2.53. The van der Waals surface area contributed by atoms with Crippen molar-refractivity contribution in [2.45, 2.75) is 32.0 Å². The standard InChI is InChI=1S/C31H32N4O2/c32-21-24-11-13-26(14-12-24)22-33-17-19-34(20-18-33)31(37)28-15-16-29(36)35(23-25-7-3-1-4-8-25)30(28)27-9-5-2-6-10-27/h1-14,28,30H,15-20,22-23H2/t28-,30+/m0/s1. The number of rotatable bonds is 6. The zero-order valence-electron chi connectivity index (χ0n) is 21.0. The van der Waals surface area contributed by atoms with Crippen LogP contribution in [0, 0.1) is 17.2 Å². The van der Waals surface area contributed by atoms with Gasteiger partial charge >= 0.3 is 0 Å². The molecule has 3 aromatic rings. The third kappa shape index (κ3) is 5.73. The van der Waals surface area contributed by atoms with Crippen LogP contribution in [-0.2, 0) is 22.7 Å². The topological polar surface area (TPSA) is 67.6 Å². The van der Waals surface area contributed by atoms with E-state index in [1.54, 1.807) is 0 Å². The Hall–Kier alpha value is -3.95. The molecule has 0 bridgehead atoms. The molecule has 3 aromatic carbocycles. The molecule has 2 heterocycles. The maximum atomic E-state index is 13.9. The first-order chi connectivity index (χ1) is 18.1. The van der Waals surface area contributed by atoms with Gasteiger partial charge in [-0.05, 0) is 35.2 Å². The molecule has 6 heteroatoms. The summed E-state index contributed by atoms with van der Waals surface area (Å²) in [5.41, 5.74) is 3.93. The van der Waals surface area contributed by atoms with Gasteiger partial charge in [0.25, 0.3) is 0 Å². The van der Waals surface area contributed by atoms with Crippen LogP contribution in [0.2, 0.25) is 0 Å². The number of carbonyl (C=O) groups excluding carboxylic acids is 2. The zero-order valence-corrected chi connectivity index (χ0v) is 21.0. The SMILES string of the molecule is N#Cc1ccc(CN2CCN(C(=O)[C@H]3CCC(=O)N(Cc4ccccc4)[C@@H]3c3ccccc3)CC2)cc1. The van der Waals surface area contributed by atoms with Gasteiger partial charge in [-0.25, -0.2) is 0 Å². The smallest absolute Gasteiger partial charge is 0.228 e. The molecule has 0 saturated carbocycles. The quantitative estimate of drug-likeness (QED) is 0.512. The van der Waals surface area contributed by atoms with Crippen molar-refractivity contribution in [1.82, 2.24) is 14.7 Å². The minimum absolute atomic E-state index is 0.106. The van der Waals surface area contributed by atoms with Crippen LogP contribution >= 0.6 is 0 Å². The maximum Gasteiger partial charge on any atom is 0.228 e. The van der Waals surface area contributed by atoms with Gasteiger partial charge < -0.3 is 9.80 Å². The lowest BCUT2D eigenvalue weighted by atomic mass is 9.82. The Bertz CT molecular complexity index is 1250. The van der Waals surface area contributed by atoms with Crippen molar-refractivity contribution in [2.75, 3.05) is 26.2 Å². The van der Waals surface area contributed by atoms with E-state index in [2.05, 4.69) is 11.0 Å². The number of carbonyl (C=O) groups is 2. The number of piperazine rings is 1. The Morgan fingerprint density at radius 2 is 1.43 bits per heavy atom. The third-order valence-electron chi connectivity index (χ3n) is 7.53. The van der Waals surface area contributed by atoms with Crippen molar-refractivity contribution in [3.8, 4) is 6.07 Å². The molecular weight excluding hydrogens is 460 g/mol. The van der Waals surface area contributed by atoms with Crippen molar-refractivity contribution < 1.29 is 9.59 Å². The molecule has 37 heavy (non-hydrogen) atoms. The van der Waals surface area contributed by atoms with Gasteiger partial charge in [-0.3, -0.25) is 14.5 Å². The second-order valence-corrected chi connectivity index (χ2v) is 9.92. The Labute approximate surface area is 218 Å². The van der Waals surface area contributed by atoms with E-state index >= 15 is 0 Å². The molecule has 188 valence electrons. The van der Waals surface area contributed by atoms with Gasteiger partial charge in [0.15, 0.2) is 0 Å². The van der Waals surface area contributed by atoms with Gasteiger partial charge in [0, 0.05) is 45.7 Å². The van der Waals surface area contributed by atoms with Crippen LogP contribution in [0.4, 0.5) is 0 Å². The summed E-state index contributed by atoms with van der Waals surface area (Å²) in [7, 11) is 0. The molecule has 0 spiro atoms. The number of piperidine rings is 1. The molecule has 0 aromatic heterocycles. The molecule has 2 fully saturated rings. The molecule has 2 saturated heterocycles. The molecular formula is C31H32N4O2. The van der Waals surface area contributed by atoms with E-state index < -0.39 is 0 Å². The van der Waals surface area contributed by atoms with Crippen LogP contribution in [-0.4, -0.2) is 52.7 Å². The first-order valence-corrected chi connectivity index (χ1v) is 13.0. The van der Waals surface area contributed by atoms with Gasteiger partial charge in [-0.1, -0.05) is 72.8 Å². The number of likely N-dealkylation sites (tertiary alicyclic amines) is 1. The van der Waals surface area contributed by atoms with Crippen LogP contribution in [0.3, 0.4) is 0 Å². The number of benzene rings is 3. The highest BCUT2D eigenvalue weighted by molar-refractivity contribution is 5.85. The third-order valence-corrected chi connectivity index (χ3v) is 7.53. The van der Waals surface area contributed by atoms with E-state index in [4.69, 9.17) is 5.26 Å². The Morgan fingerprint density at radius 1 is 0.811 bits per heavy atom. The summed E-state index contributed by atoms with van der Waals surface area (Å²) in [4.78, 5) is 33.3. The summed E-state index contributed by atoms with van der Waals surface area (Å²) in [6.07, 6.45) is 0.971. The van der Waals surface area contributed by atoms with Gasteiger partial charge in [-0.15, -0.1) is 0 Å². The molecule has 2 aliphatic rings. The minimum atomic E-state index is -0.271. The molecule has 2 aliphatic heterocycles. The fourth-order valence-electron chi connectivity index (χ4n) is 5.54. The van der Waals surface area contributed by atoms with E-state index in [0.29, 0.717) is 38.0 Å². The first kappa shape index (κ1) is 24.7. The number of nitrogens with zero attached hydrogens (tertiary/aromatic N) is 4. The maximum absolute atomic E-state index is 13.9. The highest BCUT2D eigenvalue weighted by atomic mass is 16.2. The normalized spacial score (nSPS) is 20.5. The molecule has 0 radical (unpaired) electrons. The summed E-state index contributed by atoms with van der Waals surface area (Å²) >= 11 is 0. The van der Waals surface area contributed by atoms with Crippen LogP contribution < -0.4 is 0 Å². The number of hydrogen-bond donors (Lipinski definition) is 0. The lowest BCUT2D eigenvalue weighted by molar-refractivity contribution is -0.149. The molecule has 5 rings (SSSR count).